The van der Waals surface area contributed by atoms with Crippen molar-refractivity contribution in [1.29, 1.82) is 0 Å². The molecule has 0 amide bonds. The molecule has 0 spiro atoms. The number of methoxy groups -OCH3 is 1. The molecule has 10 unspecified atom stereocenters. The Hall–Kier alpha value is -4.38. The normalized spacial score (nSPS) is 27.5. The molecule has 0 bridgehead atoms. The maximum atomic E-state index is 5.79. The average Bonchev–Trinajstić information content (AvgIpc) is 4.01. The zero-order valence-electron chi connectivity index (χ0n) is 36.4. The van der Waals surface area contributed by atoms with Gasteiger partial charge >= 0.3 is 0 Å². The molecule has 1 heterocycles. The molecule has 324 valence electrons. The standard InChI is InChI=1S/C12H17NO.C11H12O2.C10H13NO.C10H13N.C9H10BrN/c1-8(2)14-10-5-3-9(4-6-10)11-7-12(11)13;1-7-4-9(7)8-2-3-10-11(5-8)13-6-12-10;1-12-8-4-2-7(3-5-8)9-6-10(9)11;1-7-2-4-8(5-3-7)9-6-10(9)11;10-7-3-1-6(2-4-7)8-5-9(8)11/h3-6,8,11-12H,7,13H2,1-2H3;2-3,5,7,9H,4,6H2,1H3;2-5,9-10H,6,11H2,1H3;2-5,9-10H,6,11H2,1H3;1-4,8-9H,5,11H2. The summed E-state index contributed by atoms with van der Waals surface area (Å²) in [5.74, 6) is 7.71. The summed E-state index contributed by atoms with van der Waals surface area (Å²) in [6, 6.07) is 41.5. The van der Waals surface area contributed by atoms with E-state index in [9.17, 15) is 0 Å². The van der Waals surface area contributed by atoms with Crippen molar-refractivity contribution in [1.82, 2.24) is 0 Å². The fourth-order valence-corrected chi connectivity index (χ4v) is 8.03. The van der Waals surface area contributed by atoms with E-state index in [-0.39, 0.29) is 6.10 Å². The number of benzene rings is 5. The van der Waals surface area contributed by atoms with Crippen molar-refractivity contribution in [3.63, 3.8) is 0 Å². The highest BCUT2D eigenvalue weighted by atomic mass is 79.9. The molecule has 5 aromatic carbocycles. The van der Waals surface area contributed by atoms with Gasteiger partial charge in [0.25, 0.3) is 0 Å². The minimum atomic E-state index is 0.240. The first-order chi connectivity index (χ1) is 29.4. The van der Waals surface area contributed by atoms with Gasteiger partial charge in [0, 0.05) is 52.3 Å². The monoisotopic (exact) mass is 888 g/mol. The highest BCUT2D eigenvalue weighted by molar-refractivity contribution is 9.10. The first-order valence-corrected chi connectivity index (χ1v) is 22.8. The number of hydrogen-bond acceptors (Lipinski definition) is 8. The Balaban J connectivity index is 0.000000115. The molecule has 8 N–H and O–H groups in total. The number of nitrogens with two attached hydrogens (primary N) is 4. The third-order valence-corrected chi connectivity index (χ3v) is 12.8. The van der Waals surface area contributed by atoms with Crippen LogP contribution in [0.1, 0.15) is 116 Å². The Kier molecular flexibility index (Phi) is 14.8. The van der Waals surface area contributed by atoms with E-state index in [2.05, 4.69) is 115 Å². The van der Waals surface area contributed by atoms with E-state index >= 15 is 0 Å². The predicted molar refractivity (Wildman–Crippen MR) is 251 cm³/mol. The molecular formula is C52H65BrN4O4. The van der Waals surface area contributed by atoms with E-state index in [1.807, 2.05) is 44.2 Å². The number of halogens is 1. The lowest BCUT2D eigenvalue weighted by molar-refractivity contribution is 0.174. The lowest BCUT2D eigenvalue weighted by atomic mass is 10.1. The van der Waals surface area contributed by atoms with Crippen molar-refractivity contribution in [2.45, 2.75) is 120 Å². The largest absolute Gasteiger partial charge is 0.497 e. The van der Waals surface area contributed by atoms with Crippen molar-refractivity contribution in [3.05, 3.63) is 153 Å². The second-order valence-electron chi connectivity index (χ2n) is 17.9. The lowest BCUT2D eigenvalue weighted by Gasteiger charge is -2.09. The smallest absolute Gasteiger partial charge is 0.231 e. The van der Waals surface area contributed by atoms with Gasteiger partial charge in [-0.05, 0) is 141 Å². The molecule has 0 radical (unpaired) electrons. The second kappa shape index (κ2) is 20.2. The number of ether oxygens (including phenoxy) is 4. The summed E-state index contributed by atoms with van der Waals surface area (Å²) in [6.45, 7) is 8.83. The first kappa shape index (κ1) is 44.7. The molecule has 10 atom stereocenters. The van der Waals surface area contributed by atoms with Crippen molar-refractivity contribution < 1.29 is 18.9 Å². The molecule has 6 aliphatic rings. The summed E-state index contributed by atoms with van der Waals surface area (Å²) in [4.78, 5) is 0. The van der Waals surface area contributed by atoms with Gasteiger partial charge in [-0.15, -0.1) is 0 Å². The highest BCUT2D eigenvalue weighted by Gasteiger charge is 2.37. The van der Waals surface area contributed by atoms with Gasteiger partial charge in [0.05, 0.1) is 13.2 Å². The van der Waals surface area contributed by atoms with Crippen molar-refractivity contribution in [3.8, 4) is 23.0 Å². The van der Waals surface area contributed by atoms with Crippen LogP contribution >= 0.6 is 15.9 Å². The molecule has 0 saturated heterocycles. The van der Waals surface area contributed by atoms with Crippen LogP contribution in [0.15, 0.2) is 120 Å². The topological polar surface area (TPSA) is 141 Å². The Bertz CT molecular complexity index is 2090. The van der Waals surface area contributed by atoms with Crippen molar-refractivity contribution in [2.75, 3.05) is 13.9 Å². The van der Waals surface area contributed by atoms with E-state index in [4.69, 9.17) is 41.9 Å². The molecule has 8 nitrogen and oxygen atoms in total. The van der Waals surface area contributed by atoms with Crippen LogP contribution in [-0.4, -0.2) is 44.2 Å². The predicted octanol–water partition coefficient (Wildman–Crippen LogP) is 10.4. The quantitative estimate of drug-likeness (QED) is 0.121. The SMILES string of the molecule is CC(C)Oc1ccc(C2CC2N)cc1.CC1CC1c1ccc2c(c1)OCO2.COc1ccc(C2CC2N)cc1.Cc1ccc(C2CC2N)cc1.NC1CC1c1ccc(Br)cc1. The van der Waals surface area contributed by atoms with Crippen LogP contribution in [0.2, 0.25) is 0 Å². The average molecular weight is 890 g/mol. The minimum absolute atomic E-state index is 0.240. The zero-order chi connectivity index (χ0) is 43.2. The molecule has 0 aromatic heterocycles. The molecule has 5 aromatic rings. The number of hydrogen-bond donors (Lipinski definition) is 4. The van der Waals surface area contributed by atoms with Crippen LogP contribution in [-0.2, 0) is 0 Å². The Morgan fingerprint density at radius 1 is 0.525 bits per heavy atom. The van der Waals surface area contributed by atoms with Crippen LogP contribution in [0.25, 0.3) is 0 Å². The van der Waals surface area contributed by atoms with Gasteiger partial charge in [0.2, 0.25) is 6.79 Å². The van der Waals surface area contributed by atoms with Gasteiger partial charge in [0.1, 0.15) is 11.5 Å². The first-order valence-electron chi connectivity index (χ1n) is 22.0. The molecular weight excluding hydrogens is 824 g/mol. The van der Waals surface area contributed by atoms with Gasteiger partial charge in [-0.25, -0.2) is 0 Å². The fourth-order valence-electron chi connectivity index (χ4n) is 7.76. The molecule has 1 aliphatic heterocycles. The van der Waals surface area contributed by atoms with E-state index in [0.717, 1.165) is 58.6 Å². The van der Waals surface area contributed by atoms with Crippen LogP contribution in [0, 0.1) is 12.8 Å². The van der Waals surface area contributed by atoms with Crippen LogP contribution < -0.4 is 41.9 Å². The number of fused-ring (bicyclic) bond motifs is 1. The minimum Gasteiger partial charge on any atom is -0.497 e. The molecule has 5 saturated carbocycles. The molecule has 5 fully saturated rings. The van der Waals surface area contributed by atoms with Crippen molar-refractivity contribution in [2.24, 2.45) is 28.9 Å². The maximum absolute atomic E-state index is 5.79. The summed E-state index contributed by atoms with van der Waals surface area (Å²) < 4.78 is 22.4. The Labute approximate surface area is 371 Å². The third-order valence-electron chi connectivity index (χ3n) is 12.3. The summed E-state index contributed by atoms with van der Waals surface area (Å²) in [5, 5.41) is 0. The summed E-state index contributed by atoms with van der Waals surface area (Å²) in [5.41, 5.74) is 31.2. The highest BCUT2D eigenvalue weighted by Crippen LogP contribution is 2.49. The maximum Gasteiger partial charge on any atom is 0.231 e. The van der Waals surface area contributed by atoms with E-state index in [1.54, 1.807) is 7.11 Å². The number of aryl methyl sites for hydroxylation is 1. The second-order valence-corrected chi connectivity index (χ2v) is 18.8. The zero-order valence-corrected chi connectivity index (χ0v) is 38.0. The molecule has 61 heavy (non-hydrogen) atoms. The van der Waals surface area contributed by atoms with Gasteiger partial charge in [-0.2, -0.15) is 0 Å². The van der Waals surface area contributed by atoms with Crippen molar-refractivity contribution >= 4 is 15.9 Å². The Morgan fingerprint density at radius 2 is 0.902 bits per heavy atom. The molecule has 5 aliphatic carbocycles. The van der Waals surface area contributed by atoms with Gasteiger partial charge in [0.15, 0.2) is 11.5 Å². The number of rotatable bonds is 8. The summed E-state index contributed by atoms with van der Waals surface area (Å²) >= 11 is 3.40. The molecule has 9 heteroatoms. The lowest BCUT2D eigenvalue weighted by Crippen LogP contribution is -2.05. The van der Waals surface area contributed by atoms with Gasteiger partial charge < -0.3 is 41.9 Å². The van der Waals surface area contributed by atoms with E-state index < -0.39 is 0 Å². The van der Waals surface area contributed by atoms with Gasteiger partial charge in [-0.1, -0.05) is 95.1 Å². The summed E-state index contributed by atoms with van der Waals surface area (Å²) in [7, 11) is 1.68. The van der Waals surface area contributed by atoms with Gasteiger partial charge in [-0.3, -0.25) is 0 Å². The van der Waals surface area contributed by atoms with Crippen LogP contribution in [0.5, 0.6) is 23.0 Å². The summed E-state index contributed by atoms with van der Waals surface area (Å²) in [6.07, 6.45) is 6.14. The third kappa shape index (κ3) is 13.1. The van der Waals surface area contributed by atoms with E-state index in [1.165, 1.54) is 46.2 Å². The van der Waals surface area contributed by atoms with Crippen LogP contribution in [0.4, 0.5) is 0 Å². The fraction of sp³-hybridized carbons (Fsp3) is 0.423. The van der Waals surface area contributed by atoms with Crippen LogP contribution in [0.3, 0.4) is 0 Å². The van der Waals surface area contributed by atoms with E-state index in [0.29, 0.717) is 54.6 Å². The Morgan fingerprint density at radius 3 is 1.30 bits per heavy atom. The molecule has 11 rings (SSSR count).